The van der Waals surface area contributed by atoms with Crippen molar-refractivity contribution in [3.63, 3.8) is 0 Å². The third-order valence-electron chi connectivity index (χ3n) is 2.83. The van der Waals surface area contributed by atoms with Gasteiger partial charge in [-0.05, 0) is 67.8 Å². The second-order valence-corrected chi connectivity index (χ2v) is 4.85. The monoisotopic (exact) mass is 262 g/mol. The van der Waals surface area contributed by atoms with Crippen molar-refractivity contribution in [3.8, 4) is 17.2 Å². The van der Waals surface area contributed by atoms with Crippen LogP contribution in [0.15, 0.2) is 30.3 Å². The molecule has 0 aliphatic rings. The molecule has 1 N–H and O–H groups in total. The van der Waals surface area contributed by atoms with E-state index in [0.717, 1.165) is 22.4 Å². The van der Waals surface area contributed by atoms with Gasteiger partial charge in [0.25, 0.3) is 0 Å². The second kappa shape index (κ2) is 4.91. The van der Waals surface area contributed by atoms with Crippen molar-refractivity contribution in [2.45, 2.75) is 20.8 Å². The quantitative estimate of drug-likeness (QED) is 0.845. The summed E-state index contributed by atoms with van der Waals surface area (Å²) in [6, 6.07) is 9.13. The highest BCUT2D eigenvalue weighted by atomic mass is 35.5. The van der Waals surface area contributed by atoms with E-state index in [1.165, 1.54) is 0 Å². The number of aromatic hydroxyl groups is 1. The lowest BCUT2D eigenvalue weighted by Gasteiger charge is -2.11. The van der Waals surface area contributed by atoms with Crippen molar-refractivity contribution in [1.82, 2.24) is 0 Å². The summed E-state index contributed by atoms with van der Waals surface area (Å²) in [5.74, 6) is 1.80. The van der Waals surface area contributed by atoms with Gasteiger partial charge in [0, 0.05) is 5.02 Å². The molecule has 94 valence electrons. The molecule has 0 radical (unpaired) electrons. The number of benzene rings is 2. The van der Waals surface area contributed by atoms with Crippen LogP contribution in [0.3, 0.4) is 0 Å². The number of ether oxygens (including phenoxy) is 1. The molecule has 2 rings (SSSR count). The third-order valence-corrected chi connectivity index (χ3v) is 3.06. The Morgan fingerprint density at radius 1 is 0.944 bits per heavy atom. The average Bonchev–Trinajstić information content (AvgIpc) is 2.29. The van der Waals surface area contributed by atoms with Gasteiger partial charge >= 0.3 is 0 Å². The first-order chi connectivity index (χ1) is 8.47. The fourth-order valence-electron chi connectivity index (χ4n) is 1.83. The van der Waals surface area contributed by atoms with Gasteiger partial charge in [-0.15, -0.1) is 0 Å². The highest BCUT2D eigenvalue weighted by Gasteiger charge is 2.07. The standard InChI is InChI=1S/C15H15ClO2/c1-9-6-12(16)4-5-14(9)18-13-7-10(2)15(17)11(3)8-13/h4-8,17H,1-3H3. The number of halogens is 1. The Kier molecular flexibility index (Phi) is 3.48. The van der Waals surface area contributed by atoms with Gasteiger partial charge in [0.05, 0.1) is 0 Å². The molecule has 0 aromatic heterocycles. The summed E-state index contributed by atoms with van der Waals surface area (Å²) in [4.78, 5) is 0. The van der Waals surface area contributed by atoms with Gasteiger partial charge in [0.15, 0.2) is 0 Å². The third kappa shape index (κ3) is 2.59. The fourth-order valence-corrected chi connectivity index (χ4v) is 2.06. The molecule has 0 unspecified atom stereocenters. The number of hydrogen-bond acceptors (Lipinski definition) is 2. The Hall–Kier alpha value is -1.67. The van der Waals surface area contributed by atoms with Gasteiger partial charge in [-0.3, -0.25) is 0 Å². The molecule has 0 aliphatic heterocycles. The molecule has 18 heavy (non-hydrogen) atoms. The van der Waals surface area contributed by atoms with Crippen molar-refractivity contribution < 1.29 is 9.84 Å². The Balaban J connectivity index is 2.34. The lowest BCUT2D eigenvalue weighted by Crippen LogP contribution is -1.90. The minimum absolute atomic E-state index is 0.315. The normalized spacial score (nSPS) is 10.4. The van der Waals surface area contributed by atoms with E-state index in [4.69, 9.17) is 16.3 Å². The van der Waals surface area contributed by atoms with Gasteiger partial charge in [-0.2, -0.15) is 0 Å². The summed E-state index contributed by atoms with van der Waals surface area (Å²) in [5.41, 5.74) is 2.58. The number of rotatable bonds is 2. The van der Waals surface area contributed by atoms with Crippen molar-refractivity contribution in [1.29, 1.82) is 0 Å². The van der Waals surface area contributed by atoms with E-state index >= 15 is 0 Å². The zero-order valence-electron chi connectivity index (χ0n) is 10.6. The van der Waals surface area contributed by atoms with E-state index in [0.29, 0.717) is 16.5 Å². The number of phenols is 1. The highest BCUT2D eigenvalue weighted by molar-refractivity contribution is 6.30. The van der Waals surface area contributed by atoms with Gasteiger partial charge in [0.1, 0.15) is 17.2 Å². The first-order valence-corrected chi connectivity index (χ1v) is 6.09. The minimum Gasteiger partial charge on any atom is -0.507 e. The Bertz CT molecular complexity index is 568. The maximum Gasteiger partial charge on any atom is 0.130 e. The smallest absolute Gasteiger partial charge is 0.130 e. The molecule has 0 saturated carbocycles. The highest BCUT2D eigenvalue weighted by Crippen LogP contribution is 2.32. The first-order valence-electron chi connectivity index (χ1n) is 5.71. The number of aryl methyl sites for hydroxylation is 3. The van der Waals surface area contributed by atoms with Gasteiger partial charge in [-0.25, -0.2) is 0 Å². The van der Waals surface area contributed by atoms with Crippen LogP contribution in [0.1, 0.15) is 16.7 Å². The lowest BCUT2D eigenvalue weighted by atomic mass is 10.1. The molecule has 2 nitrogen and oxygen atoms in total. The molecular formula is C15H15ClO2. The first kappa shape index (κ1) is 12.8. The minimum atomic E-state index is 0.315. The summed E-state index contributed by atoms with van der Waals surface area (Å²) in [6.07, 6.45) is 0. The number of hydrogen-bond donors (Lipinski definition) is 1. The Morgan fingerprint density at radius 2 is 1.56 bits per heavy atom. The van der Waals surface area contributed by atoms with Crippen LogP contribution >= 0.6 is 11.6 Å². The molecule has 2 aromatic carbocycles. The lowest BCUT2D eigenvalue weighted by molar-refractivity contribution is 0.455. The van der Waals surface area contributed by atoms with Crippen LogP contribution in [0.2, 0.25) is 5.02 Å². The van der Waals surface area contributed by atoms with Crippen LogP contribution in [0.25, 0.3) is 0 Å². The average molecular weight is 263 g/mol. The summed E-state index contributed by atoms with van der Waals surface area (Å²) in [5, 5.41) is 10.4. The zero-order valence-corrected chi connectivity index (χ0v) is 11.4. The van der Waals surface area contributed by atoms with Gasteiger partial charge in [-0.1, -0.05) is 11.6 Å². The molecule has 0 spiro atoms. The molecule has 0 amide bonds. The Labute approximate surface area is 112 Å². The molecule has 0 heterocycles. The fraction of sp³-hybridized carbons (Fsp3) is 0.200. The van der Waals surface area contributed by atoms with Crippen LogP contribution in [0, 0.1) is 20.8 Å². The van der Waals surface area contributed by atoms with E-state index in [1.54, 1.807) is 6.07 Å². The van der Waals surface area contributed by atoms with Gasteiger partial charge < -0.3 is 9.84 Å². The maximum absolute atomic E-state index is 9.71. The topological polar surface area (TPSA) is 29.5 Å². The van der Waals surface area contributed by atoms with E-state index in [1.807, 2.05) is 45.0 Å². The summed E-state index contributed by atoms with van der Waals surface area (Å²) < 4.78 is 5.81. The molecular weight excluding hydrogens is 248 g/mol. The van der Waals surface area contributed by atoms with Crippen LogP contribution in [0.4, 0.5) is 0 Å². The molecule has 0 bridgehead atoms. The maximum atomic E-state index is 9.71. The van der Waals surface area contributed by atoms with E-state index in [2.05, 4.69) is 0 Å². The predicted octanol–water partition coefficient (Wildman–Crippen LogP) is 4.76. The van der Waals surface area contributed by atoms with Gasteiger partial charge in [0.2, 0.25) is 0 Å². The summed E-state index contributed by atoms with van der Waals surface area (Å²) in [6.45, 7) is 5.65. The van der Waals surface area contributed by atoms with E-state index in [9.17, 15) is 5.11 Å². The van der Waals surface area contributed by atoms with E-state index < -0.39 is 0 Å². The van der Waals surface area contributed by atoms with Crippen LogP contribution in [0.5, 0.6) is 17.2 Å². The van der Waals surface area contributed by atoms with Crippen LogP contribution in [-0.4, -0.2) is 5.11 Å². The molecule has 0 aliphatic carbocycles. The molecule has 0 fully saturated rings. The van der Waals surface area contributed by atoms with Crippen LogP contribution in [-0.2, 0) is 0 Å². The molecule has 3 heteroatoms. The molecule has 0 saturated heterocycles. The number of phenolic OH excluding ortho intramolecular Hbond substituents is 1. The SMILES string of the molecule is Cc1cc(Cl)ccc1Oc1cc(C)c(O)c(C)c1. The largest absolute Gasteiger partial charge is 0.507 e. The zero-order chi connectivity index (χ0) is 13.3. The Morgan fingerprint density at radius 3 is 2.11 bits per heavy atom. The predicted molar refractivity (Wildman–Crippen MR) is 73.8 cm³/mol. The second-order valence-electron chi connectivity index (χ2n) is 4.42. The molecule has 2 aromatic rings. The van der Waals surface area contributed by atoms with Crippen molar-refractivity contribution >= 4 is 11.6 Å². The van der Waals surface area contributed by atoms with Crippen LogP contribution < -0.4 is 4.74 Å². The van der Waals surface area contributed by atoms with Crippen molar-refractivity contribution in [2.24, 2.45) is 0 Å². The summed E-state index contributed by atoms with van der Waals surface area (Å²) in [7, 11) is 0. The van der Waals surface area contributed by atoms with Crippen molar-refractivity contribution in [3.05, 3.63) is 52.0 Å². The van der Waals surface area contributed by atoms with E-state index in [-0.39, 0.29) is 0 Å². The van der Waals surface area contributed by atoms with Crippen molar-refractivity contribution in [2.75, 3.05) is 0 Å². The summed E-state index contributed by atoms with van der Waals surface area (Å²) >= 11 is 5.90. The molecule has 0 atom stereocenters.